The van der Waals surface area contributed by atoms with Crippen molar-refractivity contribution in [3.05, 3.63) is 29.6 Å². The molecule has 0 amide bonds. The van der Waals surface area contributed by atoms with Crippen LogP contribution in [0.15, 0.2) is 23.2 Å². The lowest BCUT2D eigenvalue weighted by molar-refractivity contribution is 0.108. The molecule has 0 bridgehead atoms. The van der Waals surface area contributed by atoms with Crippen molar-refractivity contribution >= 4 is 35.6 Å². The first-order valence-electron chi connectivity index (χ1n) is 8.99. The van der Waals surface area contributed by atoms with Crippen LogP contribution in [0, 0.1) is 11.7 Å². The highest BCUT2D eigenvalue weighted by Crippen LogP contribution is 2.18. The van der Waals surface area contributed by atoms with Gasteiger partial charge in [-0.15, -0.1) is 24.0 Å². The SMILES string of the molecule is CCNC(=NCc1ccc(N(C)C)c(F)c1)NCCCOCC(C)C.I. The molecule has 26 heavy (non-hydrogen) atoms. The minimum Gasteiger partial charge on any atom is -0.381 e. The lowest BCUT2D eigenvalue weighted by Gasteiger charge is -2.14. The second-order valence-corrected chi connectivity index (χ2v) is 6.62. The summed E-state index contributed by atoms with van der Waals surface area (Å²) in [5, 5.41) is 6.48. The predicted octanol–water partition coefficient (Wildman–Crippen LogP) is 3.63. The van der Waals surface area contributed by atoms with Gasteiger partial charge in [-0.2, -0.15) is 0 Å². The van der Waals surface area contributed by atoms with E-state index in [2.05, 4.69) is 29.5 Å². The number of anilines is 1. The first-order chi connectivity index (χ1) is 11.9. The summed E-state index contributed by atoms with van der Waals surface area (Å²) in [5.74, 6) is 1.08. The van der Waals surface area contributed by atoms with E-state index in [1.807, 2.05) is 27.1 Å². The minimum absolute atomic E-state index is 0. The summed E-state index contributed by atoms with van der Waals surface area (Å²) in [4.78, 5) is 6.28. The van der Waals surface area contributed by atoms with Gasteiger partial charge in [0.05, 0.1) is 12.2 Å². The Balaban J connectivity index is 0.00000625. The van der Waals surface area contributed by atoms with E-state index in [0.717, 1.165) is 44.2 Å². The maximum absolute atomic E-state index is 14.0. The van der Waals surface area contributed by atoms with Gasteiger partial charge in [-0.25, -0.2) is 9.38 Å². The van der Waals surface area contributed by atoms with E-state index in [0.29, 0.717) is 18.2 Å². The van der Waals surface area contributed by atoms with Gasteiger partial charge < -0.3 is 20.3 Å². The van der Waals surface area contributed by atoms with Crippen molar-refractivity contribution in [2.45, 2.75) is 33.7 Å². The highest BCUT2D eigenvalue weighted by atomic mass is 127. The number of hydrogen-bond donors (Lipinski definition) is 2. The Kier molecular flexibility index (Phi) is 13.4. The van der Waals surface area contributed by atoms with Crippen molar-refractivity contribution < 1.29 is 9.13 Å². The van der Waals surface area contributed by atoms with Gasteiger partial charge in [-0.1, -0.05) is 19.9 Å². The number of halogens is 2. The molecule has 1 rings (SSSR count). The van der Waals surface area contributed by atoms with Crippen molar-refractivity contribution in [2.75, 3.05) is 45.3 Å². The van der Waals surface area contributed by atoms with Gasteiger partial charge in [0.25, 0.3) is 0 Å². The molecular weight excluding hydrogens is 446 g/mol. The van der Waals surface area contributed by atoms with E-state index in [-0.39, 0.29) is 29.8 Å². The van der Waals surface area contributed by atoms with Gasteiger partial charge in [-0.3, -0.25) is 0 Å². The zero-order chi connectivity index (χ0) is 18.7. The van der Waals surface area contributed by atoms with Crippen LogP contribution in [0.4, 0.5) is 10.1 Å². The minimum atomic E-state index is -0.224. The quantitative estimate of drug-likeness (QED) is 0.233. The molecule has 2 N–H and O–H groups in total. The Hall–Kier alpha value is -1.09. The molecule has 0 fully saturated rings. The number of nitrogens with one attached hydrogen (secondary N) is 2. The summed E-state index contributed by atoms with van der Waals surface area (Å²) in [6, 6.07) is 5.24. The van der Waals surface area contributed by atoms with Crippen molar-refractivity contribution in [2.24, 2.45) is 10.9 Å². The summed E-state index contributed by atoms with van der Waals surface area (Å²) in [7, 11) is 3.66. The standard InChI is InChI=1S/C19H33FN4O.HI/c1-6-21-19(22-10-7-11-25-14-15(2)3)23-13-16-8-9-18(24(4)5)17(20)12-16;/h8-9,12,15H,6-7,10-11,13-14H2,1-5H3,(H2,21,22,23);1H. The molecule has 0 spiro atoms. The van der Waals surface area contributed by atoms with E-state index < -0.39 is 0 Å². The zero-order valence-corrected chi connectivity index (χ0v) is 19.0. The van der Waals surface area contributed by atoms with Crippen LogP contribution in [0.5, 0.6) is 0 Å². The molecule has 0 unspecified atom stereocenters. The molecule has 0 aliphatic carbocycles. The monoisotopic (exact) mass is 480 g/mol. The first-order valence-corrected chi connectivity index (χ1v) is 8.99. The number of aliphatic imine (C=N–C) groups is 1. The molecule has 0 saturated heterocycles. The molecule has 0 atom stereocenters. The molecule has 0 saturated carbocycles. The fraction of sp³-hybridized carbons (Fsp3) is 0.632. The first kappa shape index (κ1) is 24.9. The van der Waals surface area contributed by atoms with Crippen molar-refractivity contribution in [1.82, 2.24) is 10.6 Å². The van der Waals surface area contributed by atoms with E-state index >= 15 is 0 Å². The van der Waals surface area contributed by atoms with Gasteiger partial charge in [0.2, 0.25) is 0 Å². The summed E-state index contributed by atoms with van der Waals surface area (Å²) < 4.78 is 19.6. The summed E-state index contributed by atoms with van der Waals surface area (Å²) in [6.07, 6.45) is 0.920. The summed E-state index contributed by atoms with van der Waals surface area (Å²) in [5.41, 5.74) is 1.43. The van der Waals surface area contributed by atoms with Crippen LogP contribution in [0.2, 0.25) is 0 Å². The van der Waals surface area contributed by atoms with Crippen LogP contribution in [0.3, 0.4) is 0 Å². The molecular formula is C19H34FIN4O. The van der Waals surface area contributed by atoms with Gasteiger partial charge in [0.1, 0.15) is 5.82 Å². The average Bonchev–Trinajstić information content (AvgIpc) is 2.55. The van der Waals surface area contributed by atoms with Crippen molar-refractivity contribution in [3.8, 4) is 0 Å². The zero-order valence-electron chi connectivity index (χ0n) is 16.6. The fourth-order valence-corrected chi connectivity index (χ4v) is 2.22. The van der Waals surface area contributed by atoms with Crippen LogP contribution >= 0.6 is 24.0 Å². The number of nitrogens with zero attached hydrogens (tertiary/aromatic N) is 2. The van der Waals surface area contributed by atoms with Crippen molar-refractivity contribution in [1.29, 1.82) is 0 Å². The number of guanidine groups is 1. The van der Waals surface area contributed by atoms with Crippen LogP contribution in [-0.2, 0) is 11.3 Å². The maximum atomic E-state index is 14.0. The molecule has 150 valence electrons. The van der Waals surface area contributed by atoms with E-state index in [4.69, 9.17) is 4.74 Å². The van der Waals surface area contributed by atoms with Crippen LogP contribution in [0.25, 0.3) is 0 Å². The lowest BCUT2D eigenvalue weighted by Crippen LogP contribution is -2.38. The second kappa shape index (κ2) is 14.0. The molecule has 0 aliphatic rings. The Morgan fingerprint density at radius 2 is 2.00 bits per heavy atom. The van der Waals surface area contributed by atoms with Crippen LogP contribution in [0.1, 0.15) is 32.8 Å². The Bertz CT molecular complexity index is 538. The second-order valence-electron chi connectivity index (χ2n) is 6.62. The highest BCUT2D eigenvalue weighted by Gasteiger charge is 2.05. The van der Waals surface area contributed by atoms with Gasteiger partial charge in [0.15, 0.2) is 5.96 Å². The van der Waals surface area contributed by atoms with Crippen LogP contribution < -0.4 is 15.5 Å². The molecule has 0 heterocycles. The molecule has 1 aromatic rings. The van der Waals surface area contributed by atoms with Gasteiger partial charge >= 0.3 is 0 Å². The third-order valence-electron chi connectivity index (χ3n) is 3.47. The largest absolute Gasteiger partial charge is 0.381 e. The molecule has 0 radical (unpaired) electrons. The molecule has 5 nitrogen and oxygen atoms in total. The molecule has 0 aliphatic heterocycles. The van der Waals surface area contributed by atoms with Crippen molar-refractivity contribution in [3.63, 3.8) is 0 Å². The van der Waals surface area contributed by atoms with Gasteiger partial charge in [0, 0.05) is 40.4 Å². The normalized spacial score (nSPS) is 11.3. The number of rotatable bonds is 10. The number of hydrogen-bond acceptors (Lipinski definition) is 3. The fourth-order valence-electron chi connectivity index (χ4n) is 2.22. The Morgan fingerprint density at radius 1 is 1.27 bits per heavy atom. The predicted molar refractivity (Wildman–Crippen MR) is 119 cm³/mol. The number of ether oxygens (including phenoxy) is 1. The summed E-state index contributed by atoms with van der Waals surface area (Å²) >= 11 is 0. The lowest BCUT2D eigenvalue weighted by atomic mass is 10.2. The van der Waals surface area contributed by atoms with Crippen LogP contribution in [-0.4, -0.2) is 46.4 Å². The Morgan fingerprint density at radius 3 is 2.58 bits per heavy atom. The average molecular weight is 480 g/mol. The third kappa shape index (κ3) is 10.2. The maximum Gasteiger partial charge on any atom is 0.191 e. The molecule has 1 aromatic carbocycles. The van der Waals surface area contributed by atoms with E-state index in [1.165, 1.54) is 0 Å². The topological polar surface area (TPSA) is 48.9 Å². The molecule has 7 heteroatoms. The third-order valence-corrected chi connectivity index (χ3v) is 3.47. The van der Waals surface area contributed by atoms with Gasteiger partial charge in [-0.05, 0) is 37.0 Å². The van der Waals surface area contributed by atoms with E-state index in [1.54, 1.807) is 17.0 Å². The molecule has 0 aromatic heterocycles. The highest BCUT2D eigenvalue weighted by molar-refractivity contribution is 14.0. The number of benzene rings is 1. The summed E-state index contributed by atoms with van der Waals surface area (Å²) in [6.45, 7) is 9.84. The Labute approximate surface area is 174 Å². The van der Waals surface area contributed by atoms with E-state index in [9.17, 15) is 4.39 Å². The smallest absolute Gasteiger partial charge is 0.191 e.